The summed E-state index contributed by atoms with van der Waals surface area (Å²) in [7, 11) is 0. The first-order valence-electron chi connectivity index (χ1n) is 3.31. The minimum atomic E-state index is -0.573. The van der Waals surface area contributed by atoms with Gasteiger partial charge in [0.15, 0.2) is 0 Å². The van der Waals surface area contributed by atoms with Gasteiger partial charge < -0.3 is 5.11 Å². The first-order valence-corrected chi connectivity index (χ1v) is 4.10. The lowest BCUT2D eigenvalue weighted by atomic mass is 10.2. The van der Waals surface area contributed by atoms with Crippen LogP contribution in [0.1, 0.15) is 5.56 Å². The lowest BCUT2D eigenvalue weighted by Crippen LogP contribution is -1.83. The van der Waals surface area contributed by atoms with Gasteiger partial charge in [0.1, 0.15) is 10.4 Å². The van der Waals surface area contributed by atoms with Gasteiger partial charge in [-0.05, 0) is 33.6 Å². The van der Waals surface area contributed by atoms with Crippen molar-refractivity contribution in [2.24, 2.45) is 0 Å². The summed E-state index contributed by atoms with van der Waals surface area (Å²) < 4.78 is 13.2. The molecule has 0 bridgehead atoms. The first kappa shape index (κ1) is 9.35. The second-order valence-electron chi connectivity index (χ2n) is 2.16. The van der Waals surface area contributed by atoms with Gasteiger partial charge in [-0.3, -0.25) is 0 Å². The molecular formula is C8H7BrFNO. The predicted octanol–water partition coefficient (Wildman–Crippen LogP) is 2.15. The van der Waals surface area contributed by atoms with E-state index in [0.717, 1.165) is 0 Å². The van der Waals surface area contributed by atoms with E-state index in [1.54, 1.807) is 12.1 Å². The Kier molecular flexibility index (Phi) is 3.37. The molecule has 1 aromatic rings. The van der Waals surface area contributed by atoms with Crippen LogP contribution in [0.5, 0.6) is 0 Å². The number of aromatic nitrogens is 1. The summed E-state index contributed by atoms with van der Waals surface area (Å²) in [6, 6.07) is 3.41. The first-order chi connectivity index (χ1) is 5.72. The maximum atomic E-state index is 12.5. The highest BCUT2D eigenvalue weighted by Crippen LogP contribution is 2.09. The molecular weight excluding hydrogens is 225 g/mol. The van der Waals surface area contributed by atoms with E-state index < -0.39 is 12.4 Å². The molecule has 2 nitrogen and oxygen atoms in total. The maximum absolute atomic E-state index is 12.5. The van der Waals surface area contributed by atoms with Crippen molar-refractivity contribution in [3.05, 3.63) is 34.3 Å². The Balaban J connectivity index is 2.84. The van der Waals surface area contributed by atoms with Crippen molar-refractivity contribution < 1.29 is 9.50 Å². The molecule has 0 radical (unpaired) electrons. The van der Waals surface area contributed by atoms with Crippen molar-refractivity contribution in [1.82, 2.24) is 4.98 Å². The fourth-order valence-corrected chi connectivity index (χ4v) is 0.934. The Hall–Kier alpha value is -0.740. The molecule has 0 aliphatic rings. The number of halogens is 2. The van der Waals surface area contributed by atoms with Crippen LogP contribution < -0.4 is 0 Å². The lowest BCUT2D eigenvalue weighted by molar-refractivity contribution is 0.300. The number of aliphatic hydroxyl groups excluding tert-OH is 1. The fraction of sp³-hybridized carbons (Fsp3) is 0.125. The molecule has 1 rings (SSSR count). The normalized spacial score (nSPS) is 11.8. The van der Waals surface area contributed by atoms with Crippen LogP contribution in [0, 0.1) is 0 Å². The number of nitrogens with zero attached hydrogens (tertiary/aromatic N) is 1. The van der Waals surface area contributed by atoms with Crippen LogP contribution in [-0.4, -0.2) is 16.7 Å². The highest BCUT2D eigenvalue weighted by molar-refractivity contribution is 9.10. The van der Waals surface area contributed by atoms with Gasteiger partial charge >= 0.3 is 0 Å². The molecule has 1 N–H and O–H groups in total. The standard InChI is InChI=1S/C8H7BrFNO/c9-8-2-1-6(4-11-8)3-7(10)5-12/h1-4,12H,5H2/b7-3+. The zero-order chi connectivity index (χ0) is 8.97. The van der Waals surface area contributed by atoms with Crippen LogP contribution >= 0.6 is 15.9 Å². The molecule has 64 valence electrons. The van der Waals surface area contributed by atoms with Crippen molar-refractivity contribution in [2.75, 3.05) is 6.61 Å². The molecule has 0 aliphatic carbocycles. The third-order valence-electron chi connectivity index (χ3n) is 1.22. The van der Waals surface area contributed by atoms with E-state index in [1.165, 1.54) is 12.3 Å². The average Bonchev–Trinajstić information content (AvgIpc) is 2.09. The van der Waals surface area contributed by atoms with E-state index in [9.17, 15) is 4.39 Å². The third kappa shape index (κ3) is 2.71. The summed E-state index contributed by atoms with van der Waals surface area (Å²) in [5, 5.41) is 8.38. The Bertz CT molecular complexity index is 284. The van der Waals surface area contributed by atoms with Crippen LogP contribution in [0.15, 0.2) is 28.8 Å². The molecule has 0 atom stereocenters. The Morgan fingerprint density at radius 1 is 1.67 bits per heavy atom. The minimum absolute atomic E-state index is 0.570. The Labute approximate surface area is 77.9 Å². The molecule has 0 aliphatic heterocycles. The summed E-state index contributed by atoms with van der Waals surface area (Å²) in [6.45, 7) is -0.573. The van der Waals surface area contributed by atoms with Gasteiger partial charge in [-0.25, -0.2) is 9.37 Å². The molecule has 1 heterocycles. The zero-order valence-electron chi connectivity index (χ0n) is 6.17. The molecule has 1 aromatic heterocycles. The number of pyridine rings is 1. The van der Waals surface area contributed by atoms with E-state index in [4.69, 9.17) is 5.11 Å². The van der Waals surface area contributed by atoms with Crippen molar-refractivity contribution in [3.8, 4) is 0 Å². The van der Waals surface area contributed by atoms with Gasteiger partial charge in [-0.1, -0.05) is 6.07 Å². The topological polar surface area (TPSA) is 33.1 Å². The monoisotopic (exact) mass is 231 g/mol. The third-order valence-corrected chi connectivity index (χ3v) is 1.69. The zero-order valence-corrected chi connectivity index (χ0v) is 7.75. The van der Waals surface area contributed by atoms with Gasteiger partial charge in [-0.2, -0.15) is 0 Å². The minimum Gasteiger partial charge on any atom is -0.389 e. The SMILES string of the molecule is OC/C(F)=C\c1ccc(Br)nc1. The van der Waals surface area contributed by atoms with Crippen molar-refractivity contribution in [2.45, 2.75) is 0 Å². The Morgan fingerprint density at radius 3 is 2.92 bits per heavy atom. The van der Waals surface area contributed by atoms with Crippen LogP contribution in [0.3, 0.4) is 0 Å². The largest absolute Gasteiger partial charge is 0.389 e. The molecule has 0 amide bonds. The molecule has 0 saturated carbocycles. The number of hydrogen-bond acceptors (Lipinski definition) is 2. The van der Waals surface area contributed by atoms with Gasteiger partial charge in [-0.15, -0.1) is 0 Å². The summed E-state index contributed by atoms with van der Waals surface area (Å²) in [5.41, 5.74) is 0.629. The van der Waals surface area contributed by atoms with Gasteiger partial charge in [0.2, 0.25) is 0 Å². The highest BCUT2D eigenvalue weighted by Gasteiger charge is 1.93. The number of hydrogen-bond donors (Lipinski definition) is 1. The molecule has 0 unspecified atom stereocenters. The second kappa shape index (κ2) is 4.33. The molecule has 0 spiro atoms. The van der Waals surface area contributed by atoms with E-state index in [2.05, 4.69) is 20.9 Å². The van der Waals surface area contributed by atoms with E-state index in [0.29, 0.717) is 10.2 Å². The average molecular weight is 232 g/mol. The van der Waals surface area contributed by atoms with Gasteiger partial charge in [0.05, 0.1) is 6.61 Å². The van der Waals surface area contributed by atoms with Crippen molar-refractivity contribution in [1.29, 1.82) is 0 Å². The highest BCUT2D eigenvalue weighted by atomic mass is 79.9. The predicted molar refractivity (Wildman–Crippen MR) is 48.1 cm³/mol. The maximum Gasteiger partial charge on any atom is 0.126 e. The van der Waals surface area contributed by atoms with Crippen LogP contribution in [0.25, 0.3) is 6.08 Å². The van der Waals surface area contributed by atoms with E-state index in [1.807, 2.05) is 0 Å². The molecule has 0 aromatic carbocycles. The second-order valence-corrected chi connectivity index (χ2v) is 2.98. The van der Waals surface area contributed by atoms with Crippen LogP contribution in [0.4, 0.5) is 4.39 Å². The summed E-state index contributed by atoms with van der Waals surface area (Å²) in [6.07, 6.45) is 2.75. The number of rotatable bonds is 2. The van der Waals surface area contributed by atoms with Crippen LogP contribution in [-0.2, 0) is 0 Å². The molecule has 12 heavy (non-hydrogen) atoms. The van der Waals surface area contributed by atoms with Crippen LogP contribution in [0.2, 0.25) is 0 Å². The van der Waals surface area contributed by atoms with E-state index >= 15 is 0 Å². The molecule has 0 fully saturated rings. The summed E-state index contributed by atoms with van der Waals surface area (Å²) in [4.78, 5) is 3.89. The number of aliphatic hydroxyl groups is 1. The summed E-state index contributed by atoms with van der Waals surface area (Å²) >= 11 is 3.15. The molecule has 0 saturated heterocycles. The smallest absolute Gasteiger partial charge is 0.126 e. The van der Waals surface area contributed by atoms with Crippen molar-refractivity contribution >= 4 is 22.0 Å². The summed E-state index contributed by atoms with van der Waals surface area (Å²) in [5.74, 6) is -0.570. The lowest BCUT2D eigenvalue weighted by Gasteiger charge is -1.93. The van der Waals surface area contributed by atoms with Crippen molar-refractivity contribution in [3.63, 3.8) is 0 Å². The quantitative estimate of drug-likeness (QED) is 0.792. The fourth-order valence-electron chi connectivity index (χ4n) is 0.699. The van der Waals surface area contributed by atoms with Gasteiger partial charge in [0, 0.05) is 6.20 Å². The molecule has 4 heteroatoms. The van der Waals surface area contributed by atoms with E-state index in [-0.39, 0.29) is 0 Å². The van der Waals surface area contributed by atoms with Gasteiger partial charge in [0.25, 0.3) is 0 Å². The Morgan fingerprint density at radius 2 is 2.42 bits per heavy atom.